The third kappa shape index (κ3) is 1.95. The summed E-state index contributed by atoms with van der Waals surface area (Å²) in [4.78, 5) is 3.93. The number of pyridine rings is 1. The van der Waals surface area contributed by atoms with Crippen LogP contribution in [0.4, 0.5) is 21.6 Å². The second kappa shape index (κ2) is 4.18. The maximum atomic E-state index is 13.5. The van der Waals surface area contributed by atoms with E-state index in [1.54, 1.807) is 24.4 Å². The summed E-state index contributed by atoms with van der Waals surface area (Å²) in [7, 11) is 0. The van der Waals surface area contributed by atoms with Gasteiger partial charge in [-0.15, -0.1) is 0 Å². The number of anilines is 3. The highest BCUT2D eigenvalue weighted by Crippen LogP contribution is 2.25. The van der Waals surface area contributed by atoms with Gasteiger partial charge in [0.05, 0.1) is 11.4 Å². The number of para-hydroxylation sites is 1. The number of halogens is 1. The van der Waals surface area contributed by atoms with Gasteiger partial charge in [0.15, 0.2) is 0 Å². The molecule has 82 valence electrons. The number of rotatable bonds is 2. The number of hydrogen-bond donors (Lipinski definition) is 2. The Morgan fingerprint density at radius 3 is 2.75 bits per heavy atom. The van der Waals surface area contributed by atoms with Crippen molar-refractivity contribution in [3.63, 3.8) is 0 Å². The Bertz CT molecular complexity index is 491. The molecule has 0 saturated carbocycles. The van der Waals surface area contributed by atoms with Gasteiger partial charge >= 0.3 is 0 Å². The molecule has 0 atom stereocenters. The Morgan fingerprint density at radius 2 is 2.06 bits per heavy atom. The molecular formula is C12H12FN3. The SMILES string of the molecule is Cc1cccc(F)c1Nc1cccnc1N. The first-order valence-electron chi connectivity index (χ1n) is 4.91. The molecule has 1 aromatic heterocycles. The fraction of sp³-hybridized carbons (Fsp3) is 0.0833. The summed E-state index contributed by atoms with van der Waals surface area (Å²) in [5.41, 5.74) is 7.53. The molecule has 3 nitrogen and oxygen atoms in total. The molecule has 2 rings (SSSR count). The van der Waals surface area contributed by atoms with E-state index < -0.39 is 0 Å². The summed E-state index contributed by atoms with van der Waals surface area (Å²) in [5.74, 6) is 0.0495. The average molecular weight is 217 g/mol. The van der Waals surface area contributed by atoms with Crippen LogP contribution in [0.15, 0.2) is 36.5 Å². The van der Waals surface area contributed by atoms with E-state index in [0.717, 1.165) is 5.56 Å². The normalized spacial score (nSPS) is 10.1. The lowest BCUT2D eigenvalue weighted by Gasteiger charge is -2.11. The first-order valence-corrected chi connectivity index (χ1v) is 4.91. The molecule has 0 aliphatic carbocycles. The van der Waals surface area contributed by atoms with Crippen molar-refractivity contribution in [2.45, 2.75) is 6.92 Å². The molecule has 0 unspecified atom stereocenters. The molecule has 0 aliphatic heterocycles. The second-order valence-electron chi connectivity index (χ2n) is 3.49. The number of nitrogen functional groups attached to an aromatic ring is 1. The first kappa shape index (κ1) is 10.4. The number of hydrogen-bond acceptors (Lipinski definition) is 3. The summed E-state index contributed by atoms with van der Waals surface area (Å²) in [6.45, 7) is 1.83. The maximum Gasteiger partial charge on any atom is 0.147 e. The van der Waals surface area contributed by atoms with E-state index in [1.165, 1.54) is 6.07 Å². The highest BCUT2D eigenvalue weighted by Gasteiger charge is 2.06. The van der Waals surface area contributed by atoms with Crippen LogP contribution in [0, 0.1) is 12.7 Å². The number of nitrogens with zero attached hydrogens (tertiary/aromatic N) is 1. The van der Waals surface area contributed by atoms with Gasteiger partial charge in [0.1, 0.15) is 11.6 Å². The van der Waals surface area contributed by atoms with Crippen LogP contribution in [-0.4, -0.2) is 4.98 Å². The predicted octanol–water partition coefficient (Wildman–Crippen LogP) is 2.85. The van der Waals surface area contributed by atoms with Crippen LogP contribution in [0.1, 0.15) is 5.56 Å². The molecule has 1 aromatic carbocycles. The molecule has 0 amide bonds. The zero-order valence-corrected chi connectivity index (χ0v) is 8.87. The molecule has 4 heteroatoms. The summed E-state index contributed by atoms with van der Waals surface area (Å²) >= 11 is 0. The van der Waals surface area contributed by atoms with Crippen molar-refractivity contribution >= 4 is 17.2 Å². The third-order valence-electron chi connectivity index (χ3n) is 2.32. The number of nitrogens with two attached hydrogens (primary N) is 1. The maximum absolute atomic E-state index is 13.5. The first-order chi connectivity index (χ1) is 7.68. The minimum atomic E-state index is -0.303. The molecule has 0 fully saturated rings. The van der Waals surface area contributed by atoms with Crippen molar-refractivity contribution in [2.75, 3.05) is 11.1 Å². The monoisotopic (exact) mass is 217 g/mol. The Labute approximate surface area is 93.1 Å². The van der Waals surface area contributed by atoms with Crippen molar-refractivity contribution in [1.82, 2.24) is 4.98 Å². The minimum absolute atomic E-state index is 0.303. The fourth-order valence-electron chi connectivity index (χ4n) is 1.45. The van der Waals surface area contributed by atoms with E-state index in [4.69, 9.17) is 5.73 Å². The van der Waals surface area contributed by atoms with E-state index in [1.807, 2.05) is 13.0 Å². The molecule has 0 aliphatic rings. The van der Waals surface area contributed by atoms with Gasteiger partial charge in [-0.25, -0.2) is 9.37 Å². The van der Waals surface area contributed by atoms with Crippen LogP contribution >= 0.6 is 0 Å². The van der Waals surface area contributed by atoms with Gasteiger partial charge in [-0.1, -0.05) is 12.1 Å². The van der Waals surface area contributed by atoms with Gasteiger partial charge in [-0.05, 0) is 30.7 Å². The molecule has 0 bridgehead atoms. The van der Waals surface area contributed by atoms with E-state index in [-0.39, 0.29) is 5.82 Å². The minimum Gasteiger partial charge on any atom is -0.382 e. The number of benzene rings is 1. The molecule has 0 radical (unpaired) electrons. The van der Waals surface area contributed by atoms with Gasteiger partial charge in [0, 0.05) is 6.20 Å². The van der Waals surface area contributed by atoms with Crippen LogP contribution in [0.25, 0.3) is 0 Å². The van der Waals surface area contributed by atoms with Crippen molar-refractivity contribution in [3.05, 3.63) is 47.9 Å². The Balaban J connectivity index is 2.38. The van der Waals surface area contributed by atoms with Gasteiger partial charge in [0.2, 0.25) is 0 Å². The van der Waals surface area contributed by atoms with Crippen LogP contribution < -0.4 is 11.1 Å². The smallest absolute Gasteiger partial charge is 0.147 e. The standard InChI is InChI=1S/C12H12FN3/c1-8-4-2-5-9(13)11(8)16-10-6-3-7-15-12(10)14/h2-7,16H,1H3,(H2,14,15). The lowest BCUT2D eigenvalue weighted by Crippen LogP contribution is -2.01. The molecule has 16 heavy (non-hydrogen) atoms. The third-order valence-corrected chi connectivity index (χ3v) is 2.32. The summed E-state index contributed by atoms with van der Waals surface area (Å²) in [6, 6.07) is 8.41. The second-order valence-corrected chi connectivity index (χ2v) is 3.49. The lowest BCUT2D eigenvalue weighted by molar-refractivity contribution is 0.631. The lowest BCUT2D eigenvalue weighted by atomic mass is 10.2. The Morgan fingerprint density at radius 1 is 1.25 bits per heavy atom. The number of aromatic nitrogens is 1. The Hall–Kier alpha value is -2.10. The van der Waals surface area contributed by atoms with Gasteiger partial charge in [0.25, 0.3) is 0 Å². The zero-order valence-electron chi connectivity index (χ0n) is 8.87. The quantitative estimate of drug-likeness (QED) is 0.813. The van der Waals surface area contributed by atoms with Crippen LogP contribution in [0.3, 0.4) is 0 Å². The molecule has 0 saturated heterocycles. The summed E-state index contributed by atoms with van der Waals surface area (Å²) in [6.07, 6.45) is 1.59. The number of aryl methyl sites for hydroxylation is 1. The molecule has 2 aromatic rings. The van der Waals surface area contributed by atoms with Crippen LogP contribution in [0.5, 0.6) is 0 Å². The average Bonchev–Trinajstić information content (AvgIpc) is 2.26. The highest BCUT2D eigenvalue weighted by atomic mass is 19.1. The molecule has 0 spiro atoms. The van der Waals surface area contributed by atoms with Gasteiger partial charge < -0.3 is 11.1 Å². The highest BCUT2D eigenvalue weighted by molar-refractivity contribution is 5.71. The Kier molecular flexibility index (Phi) is 2.72. The van der Waals surface area contributed by atoms with E-state index in [9.17, 15) is 4.39 Å². The molecular weight excluding hydrogens is 205 g/mol. The summed E-state index contributed by atoms with van der Waals surface area (Å²) < 4.78 is 13.5. The van der Waals surface area contributed by atoms with E-state index in [2.05, 4.69) is 10.3 Å². The summed E-state index contributed by atoms with van der Waals surface area (Å²) in [5, 5.41) is 2.95. The fourth-order valence-corrected chi connectivity index (χ4v) is 1.45. The van der Waals surface area contributed by atoms with Crippen molar-refractivity contribution < 1.29 is 4.39 Å². The van der Waals surface area contributed by atoms with Crippen LogP contribution in [-0.2, 0) is 0 Å². The largest absolute Gasteiger partial charge is 0.382 e. The van der Waals surface area contributed by atoms with Crippen molar-refractivity contribution in [3.8, 4) is 0 Å². The predicted molar refractivity (Wildman–Crippen MR) is 63.1 cm³/mol. The van der Waals surface area contributed by atoms with Crippen molar-refractivity contribution in [1.29, 1.82) is 0 Å². The van der Waals surface area contributed by atoms with Crippen molar-refractivity contribution in [2.24, 2.45) is 0 Å². The zero-order chi connectivity index (χ0) is 11.5. The van der Waals surface area contributed by atoms with E-state index in [0.29, 0.717) is 17.2 Å². The topological polar surface area (TPSA) is 50.9 Å². The van der Waals surface area contributed by atoms with Gasteiger partial charge in [-0.3, -0.25) is 0 Å². The van der Waals surface area contributed by atoms with Gasteiger partial charge in [-0.2, -0.15) is 0 Å². The molecule has 3 N–H and O–H groups in total. The number of nitrogens with one attached hydrogen (secondary N) is 1. The van der Waals surface area contributed by atoms with Crippen LogP contribution in [0.2, 0.25) is 0 Å². The molecule has 1 heterocycles. The van der Waals surface area contributed by atoms with E-state index >= 15 is 0 Å².